The van der Waals surface area contributed by atoms with Crippen molar-refractivity contribution in [2.75, 3.05) is 13.7 Å². The smallest absolute Gasteiger partial charge is 0.305 e. The molecule has 0 saturated heterocycles. The number of nitrogens with one attached hydrogen (secondary N) is 1. The summed E-state index contributed by atoms with van der Waals surface area (Å²) >= 11 is 0. The Balaban J connectivity index is 2.26. The number of carbonyl (C=O) groups is 1. The lowest BCUT2D eigenvalue weighted by atomic mass is 10.1. The molecule has 94 valence electrons. The van der Waals surface area contributed by atoms with Crippen LogP contribution in [-0.2, 0) is 16.1 Å². The van der Waals surface area contributed by atoms with Crippen LogP contribution in [0.3, 0.4) is 0 Å². The lowest BCUT2D eigenvalue weighted by Gasteiger charge is -2.07. The molecule has 0 saturated carbocycles. The Labute approximate surface area is 102 Å². The van der Waals surface area contributed by atoms with Gasteiger partial charge < -0.3 is 15.2 Å². The van der Waals surface area contributed by atoms with Crippen LogP contribution in [0.25, 0.3) is 0 Å². The summed E-state index contributed by atoms with van der Waals surface area (Å²) in [6.07, 6.45) is 1.16. The number of hydrogen-bond acceptors (Lipinski definition) is 4. The van der Waals surface area contributed by atoms with Gasteiger partial charge in [0, 0.05) is 18.5 Å². The average molecular weight is 237 g/mol. The lowest BCUT2D eigenvalue weighted by molar-refractivity contribution is -0.140. The van der Waals surface area contributed by atoms with Gasteiger partial charge in [-0.2, -0.15) is 0 Å². The third-order valence-electron chi connectivity index (χ3n) is 2.51. The number of hydrogen-bond donors (Lipinski definition) is 2. The maximum atomic E-state index is 10.9. The molecule has 0 radical (unpaired) electrons. The predicted octanol–water partition coefficient (Wildman–Crippen LogP) is 1.74. The van der Waals surface area contributed by atoms with Gasteiger partial charge >= 0.3 is 5.97 Å². The highest BCUT2D eigenvalue weighted by molar-refractivity contribution is 5.69. The Hall–Kier alpha value is -1.55. The van der Waals surface area contributed by atoms with Gasteiger partial charge in [-0.15, -0.1) is 0 Å². The fourth-order valence-electron chi connectivity index (χ4n) is 1.54. The zero-order valence-electron chi connectivity index (χ0n) is 10.3. The van der Waals surface area contributed by atoms with Crippen LogP contribution in [0.2, 0.25) is 0 Å². The summed E-state index contributed by atoms with van der Waals surface area (Å²) in [5.41, 5.74) is 2.00. The number of benzene rings is 1. The van der Waals surface area contributed by atoms with Gasteiger partial charge in [-0.3, -0.25) is 4.79 Å². The summed E-state index contributed by atoms with van der Waals surface area (Å²) in [7, 11) is 1.39. The van der Waals surface area contributed by atoms with E-state index >= 15 is 0 Å². The van der Waals surface area contributed by atoms with Crippen molar-refractivity contribution in [1.82, 2.24) is 5.32 Å². The minimum atomic E-state index is -0.190. The number of phenols is 1. The number of ether oxygens (including phenoxy) is 1. The molecule has 4 nitrogen and oxygen atoms in total. The predicted molar refractivity (Wildman–Crippen MR) is 65.8 cm³/mol. The molecule has 0 atom stereocenters. The van der Waals surface area contributed by atoms with E-state index in [4.69, 9.17) is 0 Å². The minimum absolute atomic E-state index is 0.190. The molecule has 17 heavy (non-hydrogen) atoms. The number of phenolic OH excluding ortho intramolecular Hbond substituents is 1. The van der Waals surface area contributed by atoms with Gasteiger partial charge in [-0.1, -0.05) is 17.7 Å². The average Bonchev–Trinajstić information content (AvgIpc) is 2.32. The number of esters is 1. The first-order valence-electron chi connectivity index (χ1n) is 5.69. The highest BCUT2D eigenvalue weighted by Gasteiger charge is 2.02. The van der Waals surface area contributed by atoms with Crippen LogP contribution in [-0.4, -0.2) is 24.7 Å². The summed E-state index contributed by atoms with van der Waals surface area (Å²) < 4.78 is 4.54. The van der Waals surface area contributed by atoms with Gasteiger partial charge in [0.05, 0.1) is 7.11 Å². The highest BCUT2D eigenvalue weighted by Crippen LogP contribution is 2.17. The molecule has 0 bridgehead atoms. The zero-order valence-corrected chi connectivity index (χ0v) is 10.3. The van der Waals surface area contributed by atoms with E-state index in [0.29, 0.717) is 18.7 Å². The third-order valence-corrected chi connectivity index (χ3v) is 2.51. The SMILES string of the molecule is COC(=O)CCCNCc1cc(C)ccc1O. The van der Waals surface area contributed by atoms with Gasteiger partial charge in [-0.05, 0) is 26.0 Å². The van der Waals surface area contributed by atoms with Crippen molar-refractivity contribution in [3.63, 3.8) is 0 Å². The Morgan fingerprint density at radius 3 is 2.94 bits per heavy atom. The number of carbonyl (C=O) groups excluding carboxylic acids is 1. The zero-order chi connectivity index (χ0) is 12.7. The molecule has 0 aliphatic heterocycles. The normalized spacial score (nSPS) is 10.2. The number of aromatic hydroxyl groups is 1. The van der Waals surface area contributed by atoms with E-state index in [0.717, 1.165) is 24.1 Å². The second-order valence-electron chi connectivity index (χ2n) is 3.99. The van der Waals surface area contributed by atoms with Crippen LogP contribution in [0.1, 0.15) is 24.0 Å². The van der Waals surface area contributed by atoms with E-state index in [2.05, 4.69) is 10.1 Å². The fraction of sp³-hybridized carbons (Fsp3) is 0.462. The largest absolute Gasteiger partial charge is 0.508 e. The first-order valence-corrected chi connectivity index (χ1v) is 5.69. The number of rotatable bonds is 6. The fourth-order valence-corrected chi connectivity index (χ4v) is 1.54. The maximum Gasteiger partial charge on any atom is 0.305 e. The molecule has 0 fully saturated rings. The first-order chi connectivity index (χ1) is 8.13. The maximum absolute atomic E-state index is 10.9. The molecular weight excluding hydrogens is 218 g/mol. The molecule has 0 aromatic heterocycles. The van der Waals surface area contributed by atoms with E-state index in [1.165, 1.54) is 7.11 Å². The van der Waals surface area contributed by atoms with E-state index in [1.807, 2.05) is 19.1 Å². The Kier molecular flexibility index (Phi) is 5.49. The van der Waals surface area contributed by atoms with Crippen LogP contribution in [0.4, 0.5) is 0 Å². The summed E-state index contributed by atoms with van der Waals surface area (Å²) in [4.78, 5) is 10.9. The van der Waals surface area contributed by atoms with Crippen LogP contribution in [0.5, 0.6) is 5.75 Å². The van der Waals surface area contributed by atoms with E-state index in [9.17, 15) is 9.90 Å². The molecule has 2 N–H and O–H groups in total. The molecular formula is C13H19NO3. The topological polar surface area (TPSA) is 58.6 Å². The van der Waals surface area contributed by atoms with Gasteiger partial charge in [0.15, 0.2) is 0 Å². The second kappa shape index (κ2) is 6.91. The summed E-state index contributed by atoms with van der Waals surface area (Å²) in [6, 6.07) is 5.51. The van der Waals surface area contributed by atoms with Crippen molar-refractivity contribution < 1.29 is 14.6 Å². The molecule has 4 heteroatoms. The molecule has 0 unspecified atom stereocenters. The van der Waals surface area contributed by atoms with Crippen molar-refractivity contribution >= 4 is 5.97 Å². The van der Waals surface area contributed by atoms with E-state index < -0.39 is 0 Å². The van der Waals surface area contributed by atoms with Crippen LogP contribution in [0, 0.1) is 6.92 Å². The van der Waals surface area contributed by atoms with Crippen molar-refractivity contribution in [3.8, 4) is 5.75 Å². The van der Waals surface area contributed by atoms with Gasteiger partial charge in [-0.25, -0.2) is 0 Å². The van der Waals surface area contributed by atoms with Crippen LogP contribution >= 0.6 is 0 Å². The quantitative estimate of drug-likeness (QED) is 0.584. The molecule has 0 amide bonds. The van der Waals surface area contributed by atoms with Gasteiger partial charge in [0.1, 0.15) is 5.75 Å². The van der Waals surface area contributed by atoms with Crippen LogP contribution < -0.4 is 5.32 Å². The summed E-state index contributed by atoms with van der Waals surface area (Å²) in [5, 5.41) is 12.8. The molecule has 1 rings (SSSR count). The van der Waals surface area contributed by atoms with Crippen molar-refractivity contribution in [2.24, 2.45) is 0 Å². The standard InChI is InChI=1S/C13H19NO3/c1-10-5-6-12(15)11(8-10)9-14-7-3-4-13(16)17-2/h5-6,8,14-15H,3-4,7,9H2,1-2H3. The first kappa shape index (κ1) is 13.5. The summed E-state index contributed by atoms with van der Waals surface area (Å²) in [6.45, 7) is 3.32. The molecule has 1 aromatic rings. The van der Waals surface area contributed by atoms with Crippen molar-refractivity contribution in [1.29, 1.82) is 0 Å². The van der Waals surface area contributed by atoms with Gasteiger partial charge in [0.25, 0.3) is 0 Å². The Morgan fingerprint density at radius 2 is 2.24 bits per heavy atom. The molecule has 0 aliphatic carbocycles. The minimum Gasteiger partial charge on any atom is -0.508 e. The van der Waals surface area contributed by atoms with E-state index in [1.54, 1.807) is 6.07 Å². The van der Waals surface area contributed by atoms with Crippen molar-refractivity contribution in [3.05, 3.63) is 29.3 Å². The molecule has 0 spiro atoms. The van der Waals surface area contributed by atoms with E-state index in [-0.39, 0.29) is 5.97 Å². The van der Waals surface area contributed by atoms with Gasteiger partial charge in [0.2, 0.25) is 0 Å². The molecule has 0 aliphatic rings. The Bertz CT molecular complexity index is 377. The molecule has 0 heterocycles. The lowest BCUT2D eigenvalue weighted by Crippen LogP contribution is -2.16. The van der Waals surface area contributed by atoms with Crippen LogP contribution in [0.15, 0.2) is 18.2 Å². The highest BCUT2D eigenvalue weighted by atomic mass is 16.5. The number of aryl methyl sites for hydroxylation is 1. The van der Waals surface area contributed by atoms with Crippen molar-refractivity contribution in [2.45, 2.75) is 26.3 Å². The second-order valence-corrected chi connectivity index (χ2v) is 3.99. The Morgan fingerprint density at radius 1 is 1.47 bits per heavy atom. The number of methoxy groups -OCH3 is 1. The third kappa shape index (κ3) is 4.87. The molecule has 1 aromatic carbocycles. The monoisotopic (exact) mass is 237 g/mol. The summed E-state index contributed by atoms with van der Waals surface area (Å²) in [5.74, 6) is 0.112.